The van der Waals surface area contributed by atoms with Gasteiger partial charge in [0.15, 0.2) is 0 Å². The highest BCUT2D eigenvalue weighted by Gasteiger charge is 2.12. The van der Waals surface area contributed by atoms with Gasteiger partial charge in [-0.25, -0.2) is 13.1 Å². The largest absolute Gasteiger partial charge is 0.351 e. The van der Waals surface area contributed by atoms with Gasteiger partial charge in [-0.15, -0.1) is 0 Å². The highest BCUT2D eigenvalue weighted by molar-refractivity contribution is 7.89. The molecule has 0 heterocycles. The fourth-order valence-corrected chi connectivity index (χ4v) is 2.73. The molecule has 0 bridgehead atoms. The van der Waals surface area contributed by atoms with Crippen molar-refractivity contribution < 1.29 is 13.2 Å². The number of amides is 1. The number of rotatable bonds is 7. The third-order valence-corrected chi connectivity index (χ3v) is 4.38. The molecule has 0 aliphatic heterocycles. The highest BCUT2D eigenvalue weighted by Crippen LogP contribution is 2.09. The monoisotopic (exact) mass is 310 g/mol. The first-order valence-corrected chi connectivity index (χ1v) is 8.36. The maximum Gasteiger partial charge on any atom is 0.246 e. The van der Waals surface area contributed by atoms with Crippen LogP contribution in [-0.2, 0) is 14.8 Å². The Hall–Kier alpha value is -1.66. The van der Waals surface area contributed by atoms with Gasteiger partial charge in [0.25, 0.3) is 0 Å². The number of hydrogen-bond acceptors (Lipinski definition) is 3. The molecule has 2 N–H and O–H groups in total. The first-order valence-electron chi connectivity index (χ1n) is 6.88. The average Bonchev–Trinajstić information content (AvgIpc) is 2.44. The van der Waals surface area contributed by atoms with E-state index in [2.05, 4.69) is 10.0 Å². The van der Waals surface area contributed by atoms with Crippen LogP contribution in [0.5, 0.6) is 0 Å². The van der Waals surface area contributed by atoms with Crippen molar-refractivity contribution in [3.8, 4) is 0 Å². The molecule has 1 aromatic carbocycles. The van der Waals surface area contributed by atoms with Gasteiger partial charge in [0.2, 0.25) is 15.9 Å². The van der Waals surface area contributed by atoms with E-state index in [4.69, 9.17) is 0 Å². The van der Waals surface area contributed by atoms with E-state index in [0.717, 1.165) is 12.0 Å². The molecule has 21 heavy (non-hydrogen) atoms. The Balaban J connectivity index is 2.47. The fraction of sp³-hybridized carbons (Fsp3) is 0.400. The number of hydrogen-bond donors (Lipinski definition) is 2. The lowest BCUT2D eigenvalue weighted by Gasteiger charge is -2.08. The number of allylic oxidation sites excluding steroid dienone is 1. The van der Waals surface area contributed by atoms with Crippen LogP contribution in [0.2, 0.25) is 0 Å². The van der Waals surface area contributed by atoms with Gasteiger partial charge < -0.3 is 5.32 Å². The van der Waals surface area contributed by atoms with Crippen molar-refractivity contribution in [2.24, 2.45) is 0 Å². The van der Waals surface area contributed by atoms with E-state index in [9.17, 15) is 13.2 Å². The fourth-order valence-electron chi connectivity index (χ4n) is 1.70. The summed E-state index contributed by atoms with van der Waals surface area (Å²) >= 11 is 0. The maximum atomic E-state index is 12.0. The van der Waals surface area contributed by atoms with Crippen molar-refractivity contribution in [1.29, 1.82) is 0 Å². The summed E-state index contributed by atoms with van der Waals surface area (Å²) < 4.78 is 26.4. The topological polar surface area (TPSA) is 75.3 Å². The van der Waals surface area contributed by atoms with Crippen molar-refractivity contribution in [3.63, 3.8) is 0 Å². The Kier molecular flexibility index (Phi) is 6.58. The minimum atomic E-state index is -3.52. The molecule has 0 unspecified atom stereocenters. The van der Waals surface area contributed by atoms with E-state index in [1.807, 2.05) is 19.9 Å². The number of nitrogens with one attached hydrogen (secondary N) is 2. The first-order chi connectivity index (χ1) is 9.86. The molecular weight excluding hydrogens is 288 g/mol. The molecule has 0 saturated carbocycles. The van der Waals surface area contributed by atoms with E-state index in [-0.39, 0.29) is 23.9 Å². The van der Waals surface area contributed by atoms with Crippen molar-refractivity contribution in [1.82, 2.24) is 10.0 Å². The minimum absolute atomic E-state index is 0.154. The molecular formula is C15H22N2O3S. The second-order valence-corrected chi connectivity index (χ2v) is 6.53. The molecule has 0 atom stereocenters. The zero-order chi connectivity index (χ0) is 15.9. The van der Waals surface area contributed by atoms with E-state index in [1.54, 1.807) is 31.2 Å². The molecule has 0 aliphatic carbocycles. The Morgan fingerprint density at radius 1 is 1.19 bits per heavy atom. The minimum Gasteiger partial charge on any atom is -0.351 e. The molecule has 5 nitrogen and oxygen atoms in total. The normalized spacial score (nSPS) is 12.2. The van der Waals surface area contributed by atoms with Crippen molar-refractivity contribution in [2.45, 2.75) is 32.1 Å². The number of carbonyl (C=O) groups is 1. The number of carbonyl (C=O) groups excluding carboxylic acids is 1. The first kappa shape index (κ1) is 17.4. The van der Waals surface area contributed by atoms with E-state index in [0.29, 0.717) is 5.57 Å². The van der Waals surface area contributed by atoms with Gasteiger partial charge in [0.1, 0.15) is 0 Å². The molecule has 0 aromatic heterocycles. The summed E-state index contributed by atoms with van der Waals surface area (Å²) in [5.74, 6) is -0.175. The van der Waals surface area contributed by atoms with Crippen LogP contribution in [0.15, 0.2) is 40.8 Å². The zero-order valence-corrected chi connectivity index (χ0v) is 13.5. The summed E-state index contributed by atoms with van der Waals surface area (Å²) in [7, 11) is -3.52. The Labute approximate surface area is 126 Å². The summed E-state index contributed by atoms with van der Waals surface area (Å²) in [6, 6.07) is 6.61. The predicted octanol–water partition coefficient (Wildman–Crippen LogP) is 1.75. The van der Waals surface area contributed by atoms with Crippen LogP contribution < -0.4 is 10.0 Å². The third kappa shape index (κ3) is 5.69. The lowest BCUT2D eigenvalue weighted by molar-refractivity contribution is -0.117. The van der Waals surface area contributed by atoms with Gasteiger partial charge >= 0.3 is 0 Å². The lowest BCUT2D eigenvalue weighted by atomic mass is 10.2. The van der Waals surface area contributed by atoms with Crippen LogP contribution in [0.3, 0.4) is 0 Å². The second kappa shape index (κ2) is 7.95. The highest BCUT2D eigenvalue weighted by atomic mass is 32.2. The van der Waals surface area contributed by atoms with E-state index < -0.39 is 10.0 Å². The van der Waals surface area contributed by atoms with Crippen molar-refractivity contribution >= 4 is 15.9 Å². The second-order valence-electron chi connectivity index (χ2n) is 4.76. The molecule has 0 aliphatic rings. The van der Waals surface area contributed by atoms with Gasteiger partial charge in [0.05, 0.1) is 4.90 Å². The summed E-state index contributed by atoms with van der Waals surface area (Å²) in [5, 5.41) is 2.67. The van der Waals surface area contributed by atoms with Crippen LogP contribution in [0.4, 0.5) is 0 Å². The summed E-state index contributed by atoms with van der Waals surface area (Å²) in [5.41, 5.74) is 1.64. The Bertz CT molecular complexity index is 604. The molecule has 1 rings (SSSR count). The van der Waals surface area contributed by atoms with Gasteiger partial charge in [-0.2, -0.15) is 0 Å². The van der Waals surface area contributed by atoms with Gasteiger partial charge in [-0.05, 0) is 32.4 Å². The number of benzene rings is 1. The third-order valence-electron chi connectivity index (χ3n) is 2.90. The smallest absolute Gasteiger partial charge is 0.246 e. The molecule has 0 fully saturated rings. The van der Waals surface area contributed by atoms with Crippen LogP contribution in [0.1, 0.15) is 25.8 Å². The molecule has 0 spiro atoms. The SMILES string of the molecule is CCC=C(C)C(=O)NCCNS(=O)(=O)c1ccc(C)cc1. The van der Waals surface area contributed by atoms with Crippen molar-refractivity contribution in [3.05, 3.63) is 41.5 Å². The predicted molar refractivity (Wildman–Crippen MR) is 83.4 cm³/mol. The van der Waals surface area contributed by atoms with Gasteiger partial charge in [-0.3, -0.25) is 4.79 Å². The van der Waals surface area contributed by atoms with E-state index in [1.165, 1.54) is 0 Å². The summed E-state index contributed by atoms with van der Waals surface area (Å²) in [6.45, 7) is 5.98. The standard InChI is InChI=1S/C15H22N2O3S/c1-4-5-13(3)15(18)16-10-11-17-21(19,20)14-8-6-12(2)7-9-14/h5-9,17H,4,10-11H2,1-3H3,(H,16,18). The summed E-state index contributed by atoms with van der Waals surface area (Å²) in [4.78, 5) is 11.8. The van der Waals surface area contributed by atoms with Crippen LogP contribution in [-0.4, -0.2) is 27.4 Å². The van der Waals surface area contributed by atoms with Crippen molar-refractivity contribution in [2.75, 3.05) is 13.1 Å². The number of aryl methyl sites for hydroxylation is 1. The molecule has 116 valence electrons. The van der Waals surface area contributed by atoms with Crippen LogP contribution in [0.25, 0.3) is 0 Å². The van der Waals surface area contributed by atoms with Crippen LogP contribution >= 0.6 is 0 Å². The molecule has 1 amide bonds. The van der Waals surface area contributed by atoms with Gasteiger partial charge in [-0.1, -0.05) is 30.7 Å². The van der Waals surface area contributed by atoms with Gasteiger partial charge in [0, 0.05) is 18.7 Å². The van der Waals surface area contributed by atoms with Crippen LogP contribution in [0, 0.1) is 6.92 Å². The zero-order valence-electron chi connectivity index (χ0n) is 12.6. The average molecular weight is 310 g/mol. The molecule has 6 heteroatoms. The molecule has 0 saturated heterocycles. The Morgan fingerprint density at radius 2 is 1.81 bits per heavy atom. The quantitative estimate of drug-likeness (QED) is 0.595. The molecule has 0 radical (unpaired) electrons. The summed E-state index contributed by atoms with van der Waals surface area (Å²) in [6.07, 6.45) is 2.62. The van der Waals surface area contributed by atoms with E-state index >= 15 is 0 Å². The Morgan fingerprint density at radius 3 is 2.38 bits per heavy atom. The maximum absolute atomic E-state index is 12.0. The number of sulfonamides is 1. The molecule has 1 aromatic rings. The lowest BCUT2D eigenvalue weighted by Crippen LogP contribution is -2.35.